The molecule has 0 aliphatic heterocycles. The Labute approximate surface area is 126 Å². The van der Waals surface area contributed by atoms with E-state index in [1.54, 1.807) is 22.9 Å². The van der Waals surface area contributed by atoms with Crippen LogP contribution < -0.4 is 5.73 Å². The van der Waals surface area contributed by atoms with E-state index in [-0.39, 0.29) is 0 Å². The Hall–Kier alpha value is -2.02. The maximum Gasteiger partial charge on any atom is 0.416 e. The number of benzene rings is 2. The first-order valence-corrected chi connectivity index (χ1v) is 6.77. The molecule has 0 saturated carbocycles. The SMILES string of the molecule is Nc1ccc2c(c1)c(Br)nn2-c1ccc(C(F)(F)F)cc1. The molecule has 7 heteroatoms. The maximum atomic E-state index is 12.6. The first kappa shape index (κ1) is 13.9. The Bertz CT molecular complexity index is 807. The van der Waals surface area contributed by atoms with Crippen LogP contribution in [0.5, 0.6) is 0 Å². The van der Waals surface area contributed by atoms with Gasteiger partial charge in [-0.25, -0.2) is 4.68 Å². The van der Waals surface area contributed by atoms with E-state index in [4.69, 9.17) is 5.73 Å². The lowest BCUT2D eigenvalue weighted by molar-refractivity contribution is -0.137. The second-order valence-corrected chi connectivity index (χ2v) is 5.27. The Balaban J connectivity index is 2.13. The van der Waals surface area contributed by atoms with E-state index in [1.165, 1.54) is 12.1 Å². The van der Waals surface area contributed by atoms with E-state index in [1.807, 2.05) is 0 Å². The third kappa shape index (κ3) is 2.49. The molecule has 3 aromatic rings. The number of hydrogen-bond acceptors (Lipinski definition) is 2. The summed E-state index contributed by atoms with van der Waals surface area (Å²) >= 11 is 3.33. The number of aromatic nitrogens is 2. The molecule has 0 unspecified atom stereocenters. The van der Waals surface area contributed by atoms with Crippen LogP contribution in [0.25, 0.3) is 16.6 Å². The van der Waals surface area contributed by atoms with Gasteiger partial charge < -0.3 is 5.73 Å². The molecule has 108 valence electrons. The molecule has 3 nitrogen and oxygen atoms in total. The topological polar surface area (TPSA) is 43.8 Å². The summed E-state index contributed by atoms with van der Waals surface area (Å²) in [6, 6.07) is 10.1. The molecule has 0 saturated heterocycles. The third-order valence-electron chi connectivity index (χ3n) is 3.10. The van der Waals surface area contributed by atoms with Crippen molar-refractivity contribution in [2.45, 2.75) is 6.18 Å². The zero-order chi connectivity index (χ0) is 15.2. The molecule has 0 aliphatic rings. The molecule has 0 aliphatic carbocycles. The van der Waals surface area contributed by atoms with Gasteiger partial charge in [-0.1, -0.05) is 0 Å². The highest BCUT2D eigenvalue weighted by molar-refractivity contribution is 9.10. The smallest absolute Gasteiger partial charge is 0.399 e. The number of halogens is 4. The molecule has 1 aromatic heterocycles. The summed E-state index contributed by atoms with van der Waals surface area (Å²) in [5.74, 6) is 0. The maximum absolute atomic E-state index is 12.6. The number of alkyl halides is 3. The van der Waals surface area contributed by atoms with Gasteiger partial charge in [0, 0.05) is 11.1 Å². The van der Waals surface area contributed by atoms with Crippen LogP contribution in [0.4, 0.5) is 18.9 Å². The van der Waals surface area contributed by atoms with Crippen molar-refractivity contribution in [3.63, 3.8) is 0 Å². The fourth-order valence-corrected chi connectivity index (χ4v) is 2.56. The fraction of sp³-hybridized carbons (Fsp3) is 0.0714. The van der Waals surface area contributed by atoms with Crippen LogP contribution in [-0.2, 0) is 6.18 Å². The molecule has 0 bridgehead atoms. The van der Waals surface area contributed by atoms with Crippen LogP contribution in [0.2, 0.25) is 0 Å². The van der Waals surface area contributed by atoms with Crippen LogP contribution >= 0.6 is 15.9 Å². The van der Waals surface area contributed by atoms with Crippen LogP contribution in [0.1, 0.15) is 5.56 Å². The Morgan fingerprint density at radius 1 is 1.05 bits per heavy atom. The standard InChI is InChI=1S/C14H9BrF3N3/c15-13-11-7-9(19)3-6-12(11)21(20-13)10-4-1-8(2-5-10)14(16,17)18/h1-7H,19H2. The predicted octanol–water partition coefficient (Wildman–Crippen LogP) is 4.39. The van der Waals surface area contributed by atoms with Crippen molar-refractivity contribution in [2.75, 3.05) is 5.73 Å². The highest BCUT2D eigenvalue weighted by Crippen LogP contribution is 2.31. The van der Waals surface area contributed by atoms with Crippen molar-refractivity contribution in [3.8, 4) is 5.69 Å². The molecule has 2 N–H and O–H groups in total. The first-order chi connectivity index (χ1) is 9.86. The van der Waals surface area contributed by atoms with Gasteiger partial charge in [-0.2, -0.15) is 18.3 Å². The monoisotopic (exact) mass is 355 g/mol. The van der Waals surface area contributed by atoms with Gasteiger partial charge in [0.1, 0.15) is 4.60 Å². The summed E-state index contributed by atoms with van der Waals surface area (Å²) in [4.78, 5) is 0. The summed E-state index contributed by atoms with van der Waals surface area (Å²) in [5, 5.41) is 5.09. The quantitative estimate of drug-likeness (QED) is 0.658. The second kappa shape index (κ2) is 4.77. The fourth-order valence-electron chi connectivity index (χ4n) is 2.09. The minimum atomic E-state index is -4.35. The van der Waals surface area contributed by atoms with Crippen molar-refractivity contribution in [3.05, 3.63) is 52.6 Å². The predicted molar refractivity (Wildman–Crippen MR) is 78.2 cm³/mol. The number of anilines is 1. The minimum Gasteiger partial charge on any atom is -0.399 e. The number of fused-ring (bicyclic) bond motifs is 1. The molecular formula is C14H9BrF3N3. The molecular weight excluding hydrogens is 347 g/mol. The molecule has 21 heavy (non-hydrogen) atoms. The summed E-state index contributed by atoms with van der Waals surface area (Å²) < 4.78 is 39.9. The molecule has 0 spiro atoms. The molecule has 2 aromatic carbocycles. The Kier molecular flexibility index (Phi) is 3.16. The van der Waals surface area contributed by atoms with Crippen LogP contribution in [-0.4, -0.2) is 9.78 Å². The van der Waals surface area contributed by atoms with Gasteiger partial charge in [0.15, 0.2) is 0 Å². The van der Waals surface area contributed by atoms with E-state index in [2.05, 4.69) is 21.0 Å². The van der Waals surface area contributed by atoms with E-state index >= 15 is 0 Å². The number of nitrogen functional groups attached to an aromatic ring is 1. The Morgan fingerprint density at radius 3 is 2.33 bits per heavy atom. The van der Waals surface area contributed by atoms with Crippen molar-refractivity contribution >= 4 is 32.5 Å². The van der Waals surface area contributed by atoms with Crippen LogP contribution in [0.15, 0.2) is 47.1 Å². The van der Waals surface area contributed by atoms with Crippen molar-refractivity contribution in [1.29, 1.82) is 0 Å². The molecule has 0 fully saturated rings. The normalized spacial score (nSPS) is 12.0. The summed E-state index contributed by atoms with van der Waals surface area (Å²) in [6.45, 7) is 0. The van der Waals surface area contributed by atoms with Gasteiger partial charge in [-0.05, 0) is 58.4 Å². The van der Waals surface area contributed by atoms with Gasteiger partial charge in [-0.3, -0.25) is 0 Å². The lowest BCUT2D eigenvalue weighted by Crippen LogP contribution is -2.05. The minimum absolute atomic E-state index is 0.545. The average Bonchev–Trinajstić information content (AvgIpc) is 2.75. The second-order valence-electron chi connectivity index (χ2n) is 4.52. The summed E-state index contributed by atoms with van der Waals surface area (Å²) in [5.41, 5.74) is 6.93. The highest BCUT2D eigenvalue weighted by Gasteiger charge is 2.30. The summed E-state index contributed by atoms with van der Waals surface area (Å²) in [7, 11) is 0. The zero-order valence-corrected chi connectivity index (χ0v) is 12.1. The van der Waals surface area contributed by atoms with Gasteiger partial charge in [0.2, 0.25) is 0 Å². The Morgan fingerprint density at radius 2 is 1.71 bits per heavy atom. The molecule has 0 radical (unpaired) electrons. The molecule has 0 amide bonds. The lowest BCUT2D eigenvalue weighted by atomic mass is 10.2. The molecule has 1 heterocycles. The zero-order valence-electron chi connectivity index (χ0n) is 10.5. The third-order valence-corrected chi connectivity index (χ3v) is 3.68. The highest BCUT2D eigenvalue weighted by atomic mass is 79.9. The van der Waals surface area contributed by atoms with Gasteiger partial charge in [-0.15, -0.1) is 0 Å². The molecule has 3 rings (SSSR count). The van der Waals surface area contributed by atoms with Crippen LogP contribution in [0.3, 0.4) is 0 Å². The van der Waals surface area contributed by atoms with Crippen molar-refractivity contribution < 1.29 is 13.2 Å². The van der Waals surface area contributed by atoms with E-state index in [0.717, 1.165) is 23.0 Å². The van der Waals surface area contributed by atoms with Gasteiger partial charge in [0.05, 0.1) is 16.8 Å². The van der Waals surface area contributed by atoms with Crippen LogP contribution in [0, 0.1) is 0 Å². The molecule has 0 atom stereocenters. The largest absolute Gasteiger partial charge is 0.416 e. The summed E-state index contributed by atoms with van der Waals surface area (Å²) in [6.07, 6.45) is -4.35. The van der Waals surface area contributed by atoms with E-state index in [9.17, 15) is 13.2 Å². The number of nitrogens with two attached hydrogens (primary N) is 1. The number of nitrogens with zero attached hydrogens (tertiary/aromatic N) is 2. The number of rotatable bonds is 1. The lowest BCUT2D eigenvalue weighted by Gasteiger charge is -2.08. The first-order valence-electron chi connectivity index (χ1n) is 5.97. The van der Waals surface area contributed by atoms with Crippen molar-refractivity contribution in [1.82, 2.24) is 9.78 Å². The van der Waals surface area contributed by atoms with E-state index < -0.39 is 11.7 Å². The van der Waals surface area contributed by atoms with Gasteiger partial charge >= 0.3 is 6.18 Å². The van der Waals surface area contributed by atoms with Gasteiger partial charge in [0.25, 0.3) is 0 Å². The average molecular weight is 356 g/mol. The van der Waals surface area contributed by atoms with E-state index in [0.29, 0.717) is 16.0 Å². The number of hydrogen-bond donors (Lipinski definition) is 1. The van der Waals surface area contributed by atoms with Crippen molar-refractivity contribution in [2.24, 2.45) is 0 Å².